The molecule has 0 spiro atoms. The summed E-state index contributed by atoms with van der Waals surface area (Å²) in [6.45, 7) is 5.06. The molecule has 0 bridgehead atoms. The lowest BCUT2D eigenvalue weighted by Gasteiger charge is -2.60. The van der Waals surface area contributed by atoms with Crippen molar-refractivity contribution < 1.29 is 5.11 Å². The second-order valence-electron chi connectivity index (χ2n) is 9.31. The van der Waals surface area contributed by atoms with Crippen LogP contribution in [-0.2, 0) is 0 Å². The molecule has 0 aromatic rings. The van der Waals surface area contributed by atoms with E-state index in [1.165, 1.54) is 44.9 Å². The maximum Gasteiger partial charge on any atom is 0.0543 e. The highest BCUT2D eigenvalue weighted by Gasteiger charge is 2.59. The van der Waals surface area contributed by atoms with Gasteiger partial charge in [0.25, 0.3) is 0 Å². The second-order valence-corrected chi connectivity index (χ2v) is 9.31. The molecule has 0 aromatic heterocycles. The summed E-state index contributed by atoms with van der Waals surface area (Å²) in [5.74, 6) is 3.50. The van der Waals surface area contributed by atoms with Gasteiger partial charge in [0, 0.05) is 6.04 Å². The summed E-state index contributed by atoms with van der Waals surface area (Å²) >= 11 is 0. The Morgan fingerprint density at radius 1 is 0.857 bits per heavy atom. The van der Waals surface area contributed by atoms with Crippen LogP contribution in [0.25, 0.3) is 0 Å². The van der Waals surface area contributed by atoms with E-state index in [1.807, 2.05) is 0 Å². The van der Waals surface area contributed by atoms with Gasteiger partial charge in [0.15, 0.2) is 0 Å². The van der Waals surface area contributed by atoms with Crippen LogP contribution < -0.4 is 5.73 Å². The minimum atomic E-state index is -0.0200. The van der Waals surface area contributed by atoms with Crippen molar-refractivity contribution in [3.8, 4) is 0 Å². The average molecular weight is 291 g/mol. The number of hydrogen-bond donors (Lipinski definition) is 2. The monoisotopic (exact) mass is 291 g/mol. The Morgan fingerprint density at radius 3 is 2.38 bits per heavy atom. The Kier molecular flexibility index (Phi) is 3.25. The van der Waals surface area contributed by atoms with Crippen molar-refractivity contribution in [1.29, 1.82) is 0 Å². The smallest absolute Gasteiger partial charge is 0.0543 e. The summed E-state index contributed by atoms with van der Waals surface area (Å²) in [7, 11) is 0. The van der Waals surface area contributed by atoms with Gasteiger partial charge in [-0.2, -0.15) is 0 Å². The normalized spacial score (nSPS) is 60.0. The summed E-state index contributed by atoms with van der Waals surface area (Å²) in [4.78, 5) is 0. The van der Waals surface area contributed by atoms with Gasteiger partial charge < -0.3 is 10.8 Å². The maximum absolute atomic E-state index is 10.1. The summed E-state index contributed by atoms with van der Waals surface area (Å²) in [6, 6.07) is 0.446. The molecule has 4 aliphatic carbocycles. The fourth-order valence-electron chi connectivity index (χ4n) is 7.28. The lowest BCUT2D eigenvalue weighted by Crippen LogP contribution is -2.55. The zero-order valence-corrected chi connectivity index (χ0v) is 13.9. The summed E-state index contributed by atoms with van der Waals surface area (Å²) in [6.07, 6.45) is 11.5. The van der Waals surface area contributed by atoms with Crippen LogP contribution >= 0.6 is 0 Å². The fraction of sp³-hybridized carbons (Fsp3) is 1.00. The van der Waals surface area contributed by atoms with Crippen LogP contribution in [0.1, 0.15) is 71.6 Å². The molecule has 0 aromatic carbocycles. The van der Waals surface area contributed by atoms with Gasteiger partial charge in [0.1, 0.15) is 0 Å². The molecule has 0 radical (unpaired) electrons. The molecule has 2 nitrogen and oxygen atoms in total. The van der Waals surface area contributed by atoms with Crippen molar-refractivity contribution in [3.63, 3.8) is 0 Å². The molecule has 0 saturated heterocycles. The summed E-state index contributed by atoms with van der Waals surface area (Å²) in [5.41, 5.74) is 7.43. The Bertz CT molecular complexity index is 424. The van der Waals surface area contributed by atoms with Crippen molar-refractivity contribution in [1.82, 2.24) is 0 Å². The molecule has 4 saturated carbocycles. The van der Waals surface area contributed by atoms with Crippen LogP contribution in [0, 0.1) is 34.5 Å². The molecule has 4 rings (SSSR count). The van der Waals surface area contributed by atoms with Crippen LogP contribution in [0.5, 0.6) is 0 Å². The van der Waals surface area contributed by atoms with E-state index in [4.69, 9.17) is 5.73 Å². The van der Waals surface area contributed by atoms with E-state index in [0.29, 0.717) is 16.9 Å². The highest BCUT2D eigenvalue weighted by atomic mass is 16.3. The molecule has 8 atom stereocenters. The van der Waals surface area contributed by atoms with Crippen molar-refractivity contribution in [3.05, 3.63) is 0 Å². The topological polar surface area (TPSA) is 46.2 Å². The van der Waals surface area contributed by atoms with Gasteiger partial charge in [-0.25, -0.2) is 0 Å². The third kappa shape index (κ3) is 1.91. The van der Waals surface area contributed by atoms with Crippen molar-refractivity contribution in [2.45, 2.75) is 83.8 Å². The van der Waals surface area contributed by atoms with Crippen LogP contribution in [-0.4, -0.2) is 17.3 Å². The van der Waals surface area contributed by atoms with Crippen LogP contribution in [0.3, 0.4) is 0 Å². The van der Waals surface area contributed by atoms with E-state index < -0.39 is 0 Å². The zero-order valence-electron chi connectivity index (χ0n) is 13.9. The lowest BCUT2D eigenvalue weighted by atomic mass is 9.45. The van der Waals surface area contributed by atoms with E-state index in [9.17, 15) is 5.11 Å². The van der Waals surface area contributed by atoms with Crippen LogP contribution in [0.15, 0.2) is 0 Å². The Hall–Kier alpha value is -0.0800. The van der Waals surface area contributed by atoms with Crippen LogP contribution in [0.2, 0.25) is 0 Å². The van der Waals surface area contributed by atoms with Gasteiger partial charge in [0.05, 0.1) is 6.10 Å². The highest BCUT2D eigenvalue weighted by molar-refractivity contribution is 5.10. The molecule has 0 heterocycles. The molecule has 120 valence electrons. The standard InChI is InChI=1S/C19H33NO/c1-18-9-7-13(21)11-12(18)3-4-14-15-5-6-17(20)19(15,2)10-8-16(14)18/h12-17,21H,3-11,20H2,1-2H3/t12-,13+,14+,15+,16+,17+,18+,19+/m1/s1. The van der Waals surface area contributed by atoms with E-state index in [2.05, 4.69) is 13.8 Å². The first-order valence-electron chi connectivity index (χ1n) is 9.39. The predicted molar refractivity (Wildman–Crippen MR) is 85.7 cm³/mol. The molecule has 4 fully saturated rings. The van der Waals surface area contributed by atoms with Gasteiger partial charge in [-0.3, -0.25) is 0 Å². The fourth-order valence-corrected chi connectivity index (χ4v) is 7.28. The molecular formula is C19H33NO. The van der Waals surface area contributed by atoms with E-state index >= 15 is 0 Å². The lowest BCUT2D eigenvalue weighted by molar-refractivity contribution is -0.122. The zero-order chi connectivity index (χ0) is 14.8. The molecule has 3 N–H and O–H groups in total. The van der Waals surface area contributed by atoms with Gasteiger partial charge in [-0.1, -0.05) is 13.8 Å². The van der Waals surface area contributed by atoms with Gasteiger partial charge in [0.2, 0.25) is 0 Å². The molecule has 2 heteroatoms. The third-order valence-electron chi connectivity index (χ3n) is 8.71. The van der Waals surface area contributed by atoms with Gasteiger partial charge >= 0.3 is 0 Å². The number of hydrogen-bond acceptors (Lipinski definition) is 2. The molecular weight excluding hydrogens is 258 g/mol. The second kappa shape index (κ2) is 4.71. The SMILES string of the molecule is C[C@]12CC[C@H](O)C[C@H]1CC[C@@H]1[C@@H]2CC[C@]2(C)[C@@H](N)CC[C@@H]12. The number of nitrogens with two attached hydrogens (primary N) is 1. The first-order valence-corrected chi connectivity index (χ1v) is 9.39. The van der Waals surface area contributed by atoms with E-state index in [0.717, 1.165) is 36.5 Å². The Labute approximate surface area is 129 Å². The largest absolute Gasteiger partial charge is 0.393 e. The molecule has 21 heavy (non-hydrogen) atoms. The van der Waals surface area contributed by atoms with E-state index in [-0.39, 0.29) is 6.10 Å². The van der Waals surface area contributed by atoms with Crippen molar-refractivity contribution in [2.75, 3.05) is 0 Å². The average Bonchev–Trinajstić information content (AvgIpc) is 2.76. The number of rotatable bonds is 0. The predicted octanol–water partition coefficient (Wildman–Crippen LogP) is 3.72. The van der Waals surface area contributed by atoms with Gasteiger partial charge in [-0.15, -0.1) is 0 Å². The molecule has 4 aliphatic rings. The van der Waals surface area contributed by atoms with E-state index in [1.54, 1.807) is 0 Å². The van der Waals surface area contributed by atoms with Crippen molar-refractivity contribution >= 4 is 0 Å². The third-order valence-corrected chi connectivity index (χ3v) is 8.71. The number of fused-ring (bicyclic) bond motifs is 5. The Balaban J connectivity index is 1.62. The minimum absolute atomic E-state index is 0.0200. The highest BCUT2D eigenvalue weighted by Crippen LogP contribution is 2.65. The Morgan fingerprint density at radius 2 is 1.57 bits per heavy atom. The molecule has 0 aliphatic heterocycles. The maximum atomic E-state index is 10.1. The van der Waals surface area contributed by atoms with Crippen molar-refractivity contribution in [2.24, 2.45) is 40.2 Å². The van der Waals surface area contributed by atoms with Crippen LogP contribution in [0.4, 0.5) is 0 Å². The molecule has 0 unspecified atom stereocenters. The first-order chi connectivity index (χ1) is 9.95. The van der Waals surface area contributed by atoms with Gasteiger partial charge in [-0.05, 0) is 92.3 Å². The minimum Gasteiger partial charge on any atom is -0.393 e. The summed E-state index contributed by atoms with van der Waals surface area (Å²) in [5, 5.41) is 10.1. The summed E-state index contributed by atoms with van der Waals surface area (Å²) < 4.78 is 0. The molecule has 0 amide bonds. The number of aliphatic hydroxyl groups excluding tert-OH is 1. The first kappa shape index (κ1) is 14.5. The number of aliphatic hydroxyl groups is 1. The quantitative estimate of drug-likeness (QED) is 0.714.